The number of pyridine rings is 1. The molecule has 0 radical (unpaired) electrons. The van der Waals surface area contributed by atoms with Crippen LogP contribution in [-0.4, -0.2) is 42.1 Å². The van der Waals surface area contributed by atoms with Crippen LogP contribution in [0.1, 0.15) is 28.9 Å². The maximum absolute atomic E-state index is 13.6. The first kappa shape index (κ1) is 22.2. The maximum atomic E-state index is 13.6. The number of halogens is 1. The zero-order chi connectivity index (χ0) is 23.5. The standard InChI is InChI=1S/C27H27FN2O4/c1-32-25-10-5-9-22(26(25)33-17-20-7-2-3-13-29-20)27(31)30-15-18-11-12-24(23(18)16-30)34-21-8-4-6-19(28)14-21/h2-10,13-14,18,23-24H,11-12,15-17H2,1H3/t18-,23+,24-/m0/s1. The minimum atomic E-state index is -0.313. The van der Waals surface area contributed by atoms with Crippen LogP contribution in [0.2, 0.25) is 0 Å². The van der Waals surface area contributed by atoms with Crippen molar-refractivity contribution in [3.8, 4) is 17.2 Å². The van der Waals surface area contributed by atoms with E-state index >= 15 is 0 Å². The highest BCUT2D eigenvalue weighted by Crippen LogP contribution is 2.42. The van der Waals surface area contributed by atoms with Gasteiger partial charge in [-0.05, 0) is 55.2 Å². The van der Waals surface area contributed by atoms with E-state index in [1.54, 1.807) is 43.6 Å². The van der Waals surface area contributed by atoms with Gasteiger partial charge in [-0.1, -0.05) is 18.2 Å². The van der Waals surface area contributed by atoms with Gasteiger partial charge in [-0.2, -0.15) is 0 Å². The summed E-state index contributed by atoms with van der Waals surface area (Å²) in [5.41, 5.74) is 1.23. The third-order valence-electron chi connectivity index (χ3n) is 6.68. The lowest BCUT2D eigenvalue weighted by molar-refractivity contribution is 0.0756. The molecular formula is C27H27FN2O4. The van der Waals surface area contributed by atoms with Gasteiger partial charge in [-0.15, -0.1) is 0 Å². The summed E-state index contributed by atoms with van der Waals surface area (Å²) >= 11 is 0. The molecule has 1 saturated carbocycles. The van der Waals surface area contributed by atoms with Crippen LogP contribution in [0.15, 0.2) is 66.9 Å². The molecule has 0 bridgehead atoms. The first-order valence-electron chi connectivity index (χ1n) is 11.5. The zero-order valence-electron chi connectivity index (χ0n) is 19.0. The molecule has 1 aromatic heterocycles. The van der Waals surface area contributed by atoms with Crippen molar-refractivity contribution in [2.45, 2.75) is 25.6 Å². The Balaban J connectivity index is 1.31. The summed E-state index contributed by atoms with van der Waals surface area (Å²) < 4.78 is 31.2. The largest absolute Gasteiger partial charge is 0.493 e. The van der Waals surface area contributed by atoms with Crippen LogP contribution in [0.5, 0.6) is 17.2 Å². The van der Waals surface area contributed by atoms with Crippen LogP contribution in [0, 0.1) is 17.7 Å². The number of methoxy groups -OCH3 is 1. The number of benzene rings is 2. The second-order valence-corrected chi connectivity index (χ2v) is 8.77. The van der Waals surface area contributed by atoms with Crippen LogP contribution in [0.25, 0.3) is 0 Å². The van der Waals surface area contributed by atoms with Crippen molar-refractivity contribution in [3.63, 3.8) is 0 Å². The molecule has 1 amide bonds. The fraction of sp³-hybridized carbons (Fsp3) is 0.333. The molecule has 7 heteroatoms. The Bertz CT molecular complexity index is 1160. The van der Waals surface area contributed by atoms with E-state index < -0.39 is 0 Å². The number of fused-ring (bicyclic) bond motifs is 1. The van der Waals surface area contributed by atoms with Crippen LogP contribution < -0.4 is 14.2 Å². The number of nitrogens with zero attached hydrogens (tertiary/aromatic N) is 2. The van der Waals surface area contributed by atoms with Crippen molar-refractivity contribution in [2.75, 3.05) is 20.2 Å². The van der Waals surface area contributed by atoms with Crippen molar-refractivity contribution < 1.29 is 23.4 Å². The number of hydrogen-bond donors (Lipinski definition) is 0. The highest BCUT2D eigenvalue weighted by Gasteiger charge is 2.45. The van der Waals surface area contributed by atoms with Gasteiger partial charge >= 0.3 is 0 Å². The monoisotopic (exact) mass is 462 g/mol. The molecule has 2 aliphatic rings. The predicted molar refractivity (Wildman–Crippen MR) is 124 cm³/mol. The number of hydrogen-bond acceptors (Lipinski definition) is 5. The molecule has 2 heterocycles. The molecule has 5 rings (SSSR count). The summed E-state index contributed by atoms with van der Waals surface area (Å²) in [4.78, 5) is 19.7. The molecular weight excluding hydrogens is 435 g/mol. The van der Waals surface area contributed by atoms with Crippen molar-refractivity contribution in [2.24, 2.45) is 11.8 Å². The van der Waals surface area contributed by atoms with E-state index in [0.717, 1.165) is 18.5 Å². The molecule has 0 spiro atoms. The lowest BCUT2D eigenvalue weighted by atomic mass is 9.99. The Morgan fingerprint density at radius 2 is 1.97 bits per heavy atom. The minimum Gasteiger partial charge on any atom is -0.493 e. The molecule has 1 aliphatic carbocycles. The van der Waals surface area contributed by atoms with Crippen LogP contribution >= 0.6 is 0 Å². The smallest absolute Gasteiger partial charge is 0.257 e. The number of para-hydroxylation sites is 1. The second kappa shape index (κ2) is 9.71. The first-order chi connectivity index (χ1) is 16.6. The van der Waals surface area contributed by atoms with E-state index in [1.165, 1.54) is 12.1 Å². The van der Waals surface area contributed by atoms with E-state index in [2.05, 4.69) is 4.98 Å². The Labute approximate surface area is 198 Å². The summed E-state index contributed by atoms with van der Waals surface area (Å²) in [6, 6.07) is 17.2. The second-order valence-electron chi connectivity index (χ2n) is 8.77. The number of likely N-dealkylation sites (tertiary alicyclic amines) is 1. The normalized spacial score (nSPS) is 21.2. The van der Waals surface area contributed by atoms with Gasteiger partial charge in [0.05, 0.1) is 18.4 Å². The highest BCUT2D eigenvalue weighted by molar-refractivity contribution is 5.98. The minimum absolute atomic E-state index is 0.0326. The number of ether oxygens (including phenoxy) is 3. The van der Waals surface area contributed by atoms with E-state index in [0.29, 0.717) is 41.8 Å². The summed E-state index contributed by atoms with van der Waals surface area (Å²) in [5, 5.41) is 0. The van der Waals surface area contributed by atoms with E-state index in [9.17, 15) is 9.18 Å². The quantitative estimate of drug-likeness (QED) is 0.508. The summed E-state index contributed by atoms with van der Waals surface area (Å²) in [6.07, 6.45) is 3.56. The summed E-state index contributed by atoms with van der Waals surface area (Å²) in [7, 11) is 1.56. The average Bonchev–Trinajstić information content (AvgIpc) is 3.45. The highest BCUT2D eigenvalue weighted by atomic mass is 19.1. The van der Waals surface area contributed by atoms with Gasteiger partial charge in [0.25, 0.3) is 5.91 Å². The Morgan fingerprint density at radius 3 is 2.76 bits per heavy atom. The first-order valence-corrected chi connectivity index (χ1v) is 11.5. The van der Waals surface area contributed by atoms with Crippen molar-refractivity contribution in [1.29, 1.82) is 0 Å². The molecule has 2 fully saturated rings. The third kappa shape index (κ3) is 4.55. The SMILES string of the molecule is COc1cccc(C(=O)N2C[C@@H]3CC[C@H](Oc4cccc(F)c4)[C@@H]3C2)c1OCc1ccccn1. The molecule has 176 valence electrons. The molecule has 34 heavy (non-hydrogen) atoms. The van der Waals surface area contributed by atoms with Gasteiger partial charge in [0.15, 0.2) is 11.5 Å². The van der Waals surface area contributed by atoms with Gasteiger partial charge in [-0.25, -0.2) is 4.39 Å². The number of amides is 1. The fourth-order valence-electron chi connectivity index (χ4n) is 5.04. The van der Waals surface area contributed by atoms with Crippen molar-refractivity contribution in [1.82, 2.24) is 9.88 Å². The Morgan fingerprint density at radius 1 is 1.09 bits per heavy atom. The van der Waals surface area contributed by atoms with Crippen LogP contribution in [0.4, 0.5) is 4.39 Å². The van der Waals surface area contributed by atoms with Crippen molar-refractivity contribution >= 4 is 5.91 Å². The number of carbonyl (C=O) groups is 1. The fourth-order valence-corrected chi connectivity index (χ4v) is 5.04. The van der Waals surface area contributed by atoms with Gasteiger partial charge in [0.1, 0.15) is 24.3 Å². The van der Waals surface area contributed by atoms with Gasteiger partial charge < -0.3 is 19.1 Å². The van der Waals surface area contributed by atoms with Crippen molar-refractivity contribution in [3.05, 3.63) is 83.9 Å². The van der Waals surface area contributed by atoms with Gasteiger partial charge in [-0.3, -0.25) is 9.78 Å². The number of carbonyl (C=O) groups excluding carboxylic acids is 1. The molecule has 0 unspecified atom stereocenters. The summed E-state index contributed by atoms with van der Waals surface area (Å²) in [6.45, 7) is 1.50. The van der Waals surface area contributed by atoms with Crippen LogP contribution in [0.3, 0.4) is 0 Å². The topological polar surface area (TPSA) is 60.9 Å². The number of aromatic nitrogens is 1. The average molecular weight is 463 g/mol. The third-order valence-corrected chi connectivity index (χ3v) is 6.68. The zero-order valence-corrected chi connectivity index (χ0v) is 19.0. The molecule has 3 aromatic rings. The predicted octanol–water partition coefficient (Wildman–Crippen LogP) is 4.74. The maximum Gasteiger partial charge on any atom is 0.257 e. The van der Waals surface area contributed by atoms with E-state index in [4.69, 9.17) is 14.2 Å². The van der Waals surface area contributed by atoms with Gasteiger partial charge in [0.2, 0.25) is 0 Å². The molecule has 1 aliphatic heterocycles. The molecule has 0 N–H and O–H groups in total. The molecule has 6 nitrogen and oxygen atoms in total. The van der Waals surface area contributed by atoms with Crippen LogP contribution in [-0.2, 0) is 6.61 Å². The van der Waals surface area contributed by atoms with E-state index in [-0.39, 0.29) is 30.4 Å². The Hall–Kier alpha value is -3.61. The Kier molecular flexibility index (Phi) is 6.34. The lowest BCUT2D eigenvalue weighted by Crippen LogP contribution is -2.32. The van der Waals surface area contributed by atoms with E-state index in [1.807, 2.05) is 23.1 Å². The lowest BCUT2D eigenvalue weighted by Gasteiger charge is -2.23. The molecule has 1 saturated heterocycles. The molecule has 3 atom stereocenters. The van der Waals surface area contributed by atoms with Gasteiger partial charge in [0, 0.05) is 31.3 Å². The summed E-state index contributed by atoms with van der Waals surface area (Å²) in [5.74, 6) is 1.65. The number of rotatable bonds is 7. The molecule has 2 aromatic carbocycles.